The van der Waals surface area contributed by atoms with Crippen molar-refractivity contribution in [1.82, 2.24) is 15.0 Å². The van der Waals surface area contributed by atoms with Gasteiger partial charge in [0.2, 0.25) is 0 Å². The van der Waals surface area contributed by atoms with E-state index in [0.29, 0.717) is 16.9 Å². The number of methoxy groups -OCH3 is 1. The van der Waals surface area contributed by atoms with Gasteiger partial charge in [-0.05, 0) is 24.6 Å². The zero-order chi connectivity index (χ0) is 31.7. The largest absolute Gasteiger partial charge is 0.490 e. The maximum Gasteiger partial charge on any atom is 0.420 e. The number of ether oxygens (including phenoxy) is 2. The second kappa shape index (κ2) is 10.5. The molecular formula is C28H19ClF5N7O2S. The molecule has 1 aliphatic rings. The monoisotopic (exact) mass is 647 g/mol. The van der Waals surface area contributed by atoms with Gasteiger partial charge in [-0.25, -0.2) is 13.8 Å². The van der Waals surface area contributed by atoms with Gasteiger partial charge in [0, 0.05) is 22.7 Å². The number of halogens is 6. The minimum Gasteiger partial charge on any atom is -0.490 e. The van der Waals surface area contributed by atoms with Crippen LogP contribution in [-0.2, 0) is 6.18 Å². The highest BCUT2D eigenvalue weighted by Gasteiger charge is 2.44. The number of rotatable bonds is 4. The van der Waals surface area contributed by atoms with Gasteiger partial charge in [0.25, 0.3) is 0 Å². The second-order valence-electron chi connectivity index (χ2n) is 9.75. The number of aromatic nitrogens is 3. The lowest BCUT2D eigenvalue weighted by molar-refractivity contribution is -0.138. The van der Waals surface area contributed by atoms with Gasteiger partial charge in [0.15, 0.2) is 5.82 Å². The van der Waals surface area contributed by atoms with Crippen LogP contribution in [0.4, 0.5) is 38.6 Å². The highest BCUT2D eigenvalue weighted by Crippen LogP contribution is 2.53. The first kappa shape index (κ1) is 29.4. The van der Waals surface area contributed by atoms with Gasteiger partial charge in [-0.1, -0.05) is 17.7 Å². The van der Waals surface area contributed by atoms with Crippen molar-refractivity contribution in [2.24, 2.45) is 0 Å². The number of pyridine rings is 1. The summed E-state index contributed by atoms with van der Waals surface area (Å²) in [6.07, 6.45) is -3.86. The molecular weight excluding hydrogens is 629 g/mol. The van der Waals surface area contributed by atoms with Gasteiger partial charge in [0.05, 0.1) is 40.4 Å². The molecule has 226 valence electrons. The zero-order valence-electron chi connectivity index (χ0n) is 22.7. The first-order valence-electron chi connectivity index (χ1n) is 12.8. The van der Waals surface area contributed by atoms with E-state index >= 15 is 17.6 Å². The minimum absolute atomic E-state index is 0.0221. The molecule has 0 spiro atoms. The van der Waals surface area contributed by atoms with Crippen LogP contribution in [0.25, 0.3) is 32.1 Å². The van der Waals surface area contributed by atoms with Crippen LogP contribution in [0.2, 0.25) is 5.02 Å². The summed E-state index contributed by atoms with van der Waals surface area (Å²) in [6, 6.07) is 4.18. The summed E-state index contributed by atoms with van der Waals surface area (Å²) in [4.78, 5) is 14.0. The summed E-state index contributed by atoms with van der Waals surface area (Å²) in [5, 5.41) is 9.25. The van der Waals surface area contributed by atoms with Crippen molar-refractivity contribution in [2.75, 3.05) is 36.6 Å². The molecule has 1 unspecified atom stereocenters. The third-order valence-corrected chi connectivity index (χ3v) is 8.58. The molecule has 0 saturated heterocycles. The number of nitrogen functional groups attached to an aromatic ring is 2. The van der Waals surface area contributed by atoms with E-state index in [2.05, 4.69) is 15.0 Å². The third-order valence-electron chi connectivity index (χ3n) is 7.35. The van der Waals surface area contributed by atoms with E-state index in [1.807, 2.05) is 0 Å². The van der Waals surface area contributed by atoms with Crippen LogP contribution >= 0.6 is 22.9 Å². The van der Waals surface area contributed by atoms with Crippen molar-refractivity contribution in [3.05, 3.63) is 57.7 Å². The van der Waals surface area contributed by atoms with Crippen LogP contribution in [0.3, 0.4) is 0 Å². The van der Waals surface area contributed by atoms with E-state index in [4.69, 9.17) is 32.5 Å². The van der Waals surface area contributed by atoms with Gasteiger partial charge >= 0.3 is 12.2 Å². The number of nitriles is 1. The van der Waals surface area contributed by atoms with Crippen LogP contribution in [0, 0.1) is 23.0 Å². The van der Waals surface area contributed by atoms with E-state index in [9.17, 15) is 9.65 Å². The number of hydrogen-bond acceptors (Lipinski definition) is 10. The fraction of sp³-hybridized carbons (Fsp3) is 0.214. The average molecular weight is 648 g/mol. The molecule has 0 amide bonds. The number of nitrogens with two attached hydrogens (primary N) is 2. The van der Waals surface area contributed by atoms with Crippen molar-refractivity contribution in [3.63, 3.8) is 0 Å². The van der Waals surface area contributed by atoms with E-state index in [1.165, 1.54) is 13.3 Å². The molecule has 4 N–H and O–H groups in total. The number of nitrogens with zero attached hydrogens (tertiary/aromatic N) is 5. The average Bonchev–Trinajstić information content (AvgIpc) is 3.21. The van der Waals surface area contributed by atoms with Crippen molar-refractivity contribution < 1.29 is 31.4 Å². The molecule has 0 aliphatic carbocycles. The molecule has 0 radical (unpaired) electrons. The smallest absolute Gasteiger partial charge is 0.420 e. The Hall–Kier alpha value is -4.68. The van der Waals surface area contributed by atoms with Gasteiger partial charge in [-0.15, -0.1) is 11.3 Å². The van der Waals surface area contributed by atoms with Crippen LogP contribution in [0.15, 0.2) is 24.4 Å². The highest BCUT2D eigenvalue weighted by atomic mass is 35.5. The Balaban J connectivity index is 1.75. The fourth-order valence-corrected chi connectivity index (χ4v) is 6.55. The Bertz CT molecular complexity index is 2050. The van der Waals surface area contributed by atoms with Crippen LogP contribution in [0.5, 0.6) is 11.8 Å². The molecule has 1 aliphatic heterocycles. The lowest BCUT2D eigenvalue weighted by atomic mass is 9.91. The van der Waals surface area contributed by atoms with E-state index in [-0.39, 0.29) is 61.9 Å². The Kier molecular flexibility index (Phi) is 7.01. The Morgan fingerprint density at radius 1 is 1.20 bits per heavy atom. The van der Waals surface area contributed by atoms with E-state index < -0.39 is 51.8 Å². The molecule has 3 aromatic heterocycles. The van der Waals surface area contributed by atoms with Gasteiger partial charge in [-0.3, -0.25) is 0 Å². The number of fused-ring (bicyclic) bond motifs is 1. The molecule has 0 bridgehead atoms. The van der Waals surface area contributed by atoms with Crippen molar-refractivity contribution >= 4 is 60.6 Å². The molecule has 9 nitrogen and oxygen atoms in total. The summed E-state index contributed by atoms with van der Waals surface area (Å²) in [7, 11) is 1.22. The Morgan fingerprint density at radius 3 is 2.64 bits per heavy atom. The van der Waals surface area contributed by atoms with Crippen LogP contribution in [0.1, 0.15) is 29.7 Å². The summed E-state index contributed by atoms with van der Waals surface area (Å²) in [5.74, 6) is -3.00. The molecule has 4 heterocycles. The number of alkyl halides is 3. The summed E-state index contributed by atoms with van der Waals surface area (Å²) >= 11 is 6.82. The molecule has 0 fully saturated rings. The topological polar surface area (TPSA) is 136 Å². The van der Waals surface area contributed by atoms with Crippen LogP contribution < -0.4 is 25.8 Å². The van der Waals surface area contributed by atoms with Gasteiger partial charge in [0.1, 0.15) is 52.0 Å². The van der Waals surface area contributed by atoms with Crippen LogP contribution in [-0.4, -0.2) is 35.2 Å². The third kappa shape index (κ3) is 4.44. The lowest BCUT2D eigenvalue weighted by Crippen LogP contribution is -2.31. The Morgan fingerprint density at radius 2 is 1.95 bits per heavy atom. The molecule has 6 rings (SSSR count). The fourth-order valence-electron chi connectivity index (χ4n) is 5.44. The van der Waals surface area contributed by atoms with E-state index in [1.54, 1.807) is 24.0 Å². The molecule has 0 saturated carbocycles. The summed E-state index contributed by atoms with van der Waals surface area (Å²) in [6.45, 7) is 1.38. The predicted octanol–water partition coefficient (Wildman–Crippen LogP) is 6.86. The SMILES string of the molecule is COc1nc2c3c(c(C(F)(F)F)c(-c4ccc(F)c5sc(N)c(C#N)c45)c(F)c3n1)OCCN2C(C)c1cc(Cl)cnc1N. The van der Waals surface area contributed by atoms with Gasteiger partial charge < -0.3 is 25.8 Å². The second-order valence-corrected chi connectivity index (χ2v) is 11.2. The van der Waals surface area contributed by atoms with E-state index in [0.717, 1.165) is 12.1 Å². The maximum atomic E-state index is 16.8. The van der Waals surface area contributed by atoms with Crippen molar-refractivity contribution in [3.8, 4) is 29.0 Å². The van der Waals surface area contributed by atoms with Crippen molar-refractivity contribution in [2.45, 2.75) is 19.1 Å². The predicted molar refractivity (Wildman–Crippen MR) is 156 cm³/mol. The first-order chi connectivity index (χ1) is 20.9. The maximum absolute atomic E-state index is 16.8. The molecule has 5 aromatic rings. The Labute approximate surface area is 254 Å². The number of thiophene rings is 1. The number of anilines is 3. The standard InChI is InChI=1S/C28H19ClF5N7O2S/c1-10(13-7-11(29)9-38-24(13)36)41-5-6-43-22-18-21(39-27(42-2)40-26(18)41)20(31)17(19(22)28(32,33)34)12-3-4-15(30)23-16(12)14(8-35)25(37)44-23/h3-4,7,9-10H,5-6,37H2,1-2H3,(H2,36,38). The minimum atomic E-state index is -5.20. The molecule has 44 heavy (non-hydrogen) atoms. The molecule has 1 atom stereocenters. The highest BCUT2D eigenvalue weighted by molar-refractivity contribution is 7.23. The van der Waals surface area contributed by atoms with Crippen molar-refractivity contribution in [1.29, 1.82) is 5.26 Å². The quantitative estimate of drug-likeness (QED) is 0.200. The first-order valence-corrected chi connectivity index (χ1v) is 14.0. The molecule has 2 aromatic carbocycles. The summed E-state index contributed by atoms with van der Waals surface area (Å²) in [5.41, 5.74) is 8.72. The normalized spacial score (nSPS) is 13.9. The number of benzene rings is 2. The summed E-state index contributed by atoms with van der Waals surface area (Å²) < 4.78 is 87.6. The molecule has 16 heteroatoms. The van der Waals surface area contributed by atoms with Gasteiger partial charge in [-0.2, -0.15) is 28.4 Å². The number of hydrogen-bond donors (Lipinski definition) is 2. The lowest BCUT2D eigenvalue weighted by Gasteiger charge is -2.30. The zero-order valence-corrected chi connectivity index (χ0v) is 24.3.